The Bertz CT molecular complexity index is 592. The highest BCUT2D eigenvalue weighted by Crippen LogP contribution is 2.30. The zero-order valence-corrected chi connectivity index (χ0v) is 11.5. The number of aromatic hydroxyl groups is 1. The molecule has 1 unspecified atom stereocenters. The first-order chi connectivity index (χ1) is 10.4. The van der Waals surface area contributed by atoms with E-state index < -0.39 is 17.7 Å². The van der Waals surface area contributed by atoms with Gasteiger partial charge in [0.15, 0.2) is 0 Å². The Kier molecular flexibility index (Phi) is 4.92. The highest BCUT2D eigenvalue weighted by molar-refractivity contribution is 5.31. The van der Waals surface area contributed by atoms with Crippen LogP contribution in [0, 0.1) is 0 Å². The van der Waals surface area contributed by atoms with E-state index in [1.165, 1.54) is 24.3 Å². The summed E-state index contributed by atoms with van der Waals surface area (Å²) in [6.07, 6.45) is -4.38. The van der Waals surface area contributed by atoms with Crippen LogP contribution in [-0.2, 0) is 6.18 Å². The first-order valence-corrected chi connectivity index (χ1v) is 6.60. The predicted molar refractivity (Wildman–Crippen MR) is 74.9 cm³/mol. The monoisotopic (exact) mass is 312 g/mol. The van der Waals surface area contributed by atoms with Crippen molar-refractivity contribution in [2.24, 2.45) is 0 Å². The number of phenolic OH excluding ortho intramolecular Hbond substituents is 1. The maximum absolute atomic E-state index is 12.5. The van der Waals surface area contributed by atoms with Crippen LogP contribution < -0.4 is 4.74 Å². The summed E-state index contributed by atoms with van der Waals surface area (Å²) in [5, 5.41) is 18.6. The fraction of sp³-hybridized carbons (Fsp3) is 0.250. The molecule has 0 saturated heterocycles. The van der Waals surface area contributed by atoms with E-state index in [-0.39, 0.29) is 19.0 Å². The molecule has 0 spiro atoms. The minimum absolute atomic E-state index is 0.105. The van der Waals surface area contributed by atoms with Crippen LogP contribution in [0.1, 0.15) is 17.0 Å². The Morgan fingerprint density at radius 1 is 0.955 bits per heavy atom. The quantitative estimate of drug-likeness (QED) is 0.887. The van der Waals surface area contributed by atoms with Crippen LogP contribution in [0.5, 0.6) is 11.5 Å². The van der Waals surface area contributed by atoms with Crippen molar-refractivity contribution in [1.82, 2.24) is 0 Å². The number of hydrogen-bond donors (Lipinski definition) is 2. The lowest BCUT2D eigenvalue weighted by Crippen LogP contribution is -2.14. The van der Waals surface area contributed by atoms with Crippen LogP contribution in [0.2, 0.25) is 0 Å². The molecular formula is C16H15F3O3. The summed E-state index contributed by atoms with van der Waals surface area (Å²) in [5.74, 6) is 0.174. The lowest BCUT2D eigenvalue weighted by Gasteiger charge is -2.16. The van der Waals surface area contributed by atoms with Gasteiger partial charge in [0.25, 0.3) is 0 Å². The Hall–Kier alpha value is -2.21. The van der Waals surface area contributed by atoms with Gasteiger partial charge in [-0.1, -0.05) is 12.1 Å². The first kappa shape index (κ1) is 16.2. The second-order valence-electron chi connectivity index (χ2n) is 4.80. The molecule has 22 heavy (non-hydrogen) atoms. The highest BCUT2D eigenvalue weighted by atomic mass is 19.4. The molecule has 2 rings (SSSR count). The van der Waals surface area contributed by atoms with E-state index in [1.54, 1.807) is 12.1 Å². The Morgan fingerprint density at radius 2 is 1.55 bits per heavy atom. The van der Waals surface area contributed by atoms with Gasteiger partial charge in [0.05, 0.1) is 18.8 Å². The molecule has 2 aromatic rings. The second-order valence-corrected chi connectivity index (χ2v) is 4.80. The van der Waals surface area contributed by atoms with Crippen LogP contribution in [0.15, 0.2) is 48.5 Å². The number of alkyl halides is 3. The molecule has 0 saturated carbocycles. The molecule has 0 aromatic heterocycles. The first-order valence-electron chi connectivity index (χ1n) is 6.60. The Labute approximate surface area is 125 Å². The van der Waals surface area contributed by atoms with Gasteiger partial charge in [-0.25, -0.2) is 0 Å². The summed E-state index contributed by atoms with van der Waals surface area (Å²) < 4.78 is 43.0. The van der Waals surface area contributed by atoms with Crippen molar-refractivity contribution < 1.29 is 28.1 Å². The molecule has 3 nitrogen and oxygen atoms in total. The average Bonchev–Trinajstić information content (AvgIpc) is 2.49. The lowest BCUT2D eigenvalue weighted by molar-refractivity contribution is -0.137. The zero-order chi connectivity index (χ0) is 16.2. The van der Waals surface area contributed by atoms with Crippen LogP contribution >= 0.6 is 0 Å². The molecule has 0 aliphatic rings. The van der Waals surface area contributed by atoms with Crippen molar-refractivity contribution in [3.63, 3.8) is 0 Å². The smallest absolute Gasteiger partial charge is 0.416 e. The van der Waals surface area contributed by atoms with Gasteiger partial charge in [0.2, 0.25) is 0 Å². The zero-order valence-electron chi connectivity index (χ0n) is 11.5. The summed E-state index contributed by atoms with van der Waals surface area (Å²) in [6.45, 7) is -0.129. The number of benzene rings is 2. The maximum atomic E-state index is 12.5. The summed E-state index contributed by atoms with van der Waals surface area (Å²) >= 11 is 0. The van der Waals surface area contributed by atoms with Crippen molar-refractivity contribution in [2.45, 2.75) is 12.1 Å². The summed E-state index contributed by atoms with van der Waals surface area (Å²) in [4.78, 5) is 0. The van der Waals surface area contributed by atoms with Gasteiger partial charge in [-0.2, -0.15) is 13.2 Å². The summed E-state index contributed by atoms with van der Waals surface area (Å²) in [7, 11) is 0. The number of hydrogen-bond acceptors (Lipinski definition) is 3. The predicted octanol–water partition coefficient (Wildman–Crippen LogP) is 3.57. The molecule has 2 N–H and O–H groups in total. The molecular weight excluding hydrogens is 297 g/mol. The molecule has 0 fully saturated rings. The van der Waals surface area contributed by atoms with Gasteiger partial charge in [-0.05, 0) is 42.0 Å². The minimum atomic E-state index is -4.38. The minimum Gasteiger partial charge on any atom is -0.508 e. The van der Waals surface area contributed by atoms with E-state index in [0.717, 1.165) is 12.1 Å². The third-order valence-electron chi connectivity index (χ3n) is 3.22. The number of phenols is 1. The van der Waals surface area contributed by atoms with Gasteiger partial charge in [-0.15, -0.1) is 0 Å². The van der Waals surface area contributed by atoms with Gasteiger partial charge in [0.1, 0.15) is 11.5 Å². The van der Waals surface area contributed by atoms with Crippen molar-refractivity contribution in [3.05, 3.63) is 59.7 Å². The largest absolute Gasteiger partial charge is 0.508 e. The highest BCUT2D eigenvalue weighted by Gasteiger charge is 2.30. The van der Waals surface area contributed by atoms with E-state index in [9.17, 15) is 18.3 Å². The van der Waals surface area contributed by atoms with Crippen LogP contribution in [0.4, 0.5) is 13.2 Å². The fourth-order valence-corrected chi connectivity index (χ4v) is 1.94. The molecule has 0 bridgehead atoms. The number of aliphatic hydroxyl groups is 1. The second kappa shape index (κ2) is 6.70. The average molecular weight is 312 g/mol. The van der Waals surface area contributed by atoms with E-state index in [4.69, 9.17) is 9.84 Å². The van der Waals surface area contributed by atoms with Crippen LogP contribution in [0.25, 0.3) is 0 Å². The Balaban J connectivity index is 2.03. The van der Waals surface area contributed by atoms with Gasteiger partial charge in [-0.3, -0.25) is 0 Å². The molecule has 0 amide bonds. The topological polar surface area (TPSA) is 49.7 Å². The van der Waals surface area contributed by atoms with Crippen LogP contribution in [-0.4, -0.2) is 23.4 Å². The van der Waals surface area contributed by atoms with E-state index in [2.05, 4.69) is 0 Å². The number of halogens is 3. The molecule has 2 aromatic carbocycles. The third kappa shape index (κ3) is 4.14. The number of aliphatic hydroxyl groups excluding tert-OH is 1. The normalized spacial score (nSPS) is 12.9. The van der Waals surface area contributed by atoms with Gasteiger partial charge < -0.3 is 14.9 Å². The maximum Gasteiger partial charge on any atom is 0.416 e. The van der Waals surface area contributed by atoms with Crippen molar-refractivity contribution in [3.8, 4) is 11.5 Å². The molecule has 6 heteroatoms. The van der Waals surface area contributed by atoms with Crippen molar-refractivity contribution in [2.75, 3.05) is 13.2 Å². The molecule has 1 atom stereocenters. The number of ether oxygens (including phenoxy) is 1. The third-order valence-corrected chi connectivity index (χ3v) is 3.22. The molecule has 0 aliphatic carbocycles. The lowest BCUT2D eigenvalue weighted by atomic mass is 9.99. The standard InChI is InChI=1S/C16H15F3O3/c17-16(18,19)13-3-1-11(2-4-13)12(9-20)10-22-15-7-5-14(21)6-8-15/h1-8,12,20-21H,9-10H2. The van der Waals surface area contributed by atoms with Gasteiger partial charge in [0, 0.05) is 5.92 Å². The van der Waals surface area contributed by atoms with Crippen LogP contribution in [0.3, 0.4) is 0 Å². The summed E-state index contributed by atoms with van der Waals surface area (Å²) in [6, 6.07) is 10.7. The van der Waals surface area contributed by atoms with Crippen molar-refractivity contribution >= 4 is 0 Å². The number of rotatable bonds is 5. The molecule has 0 radical (unpaired) electrons. The van der Waals surface area contributed by atoms with E-state index >= 15 is 0 Å². The van der Waals surface area contributed by atoms with Gasteiger partial charge >= 0.3 is 6.18 Å². The summed E-state index contributed by atoms with van der Waals surface area (Å²) in [5.41, 5.74) is -0.165. The van der Waals surface area contributed by atoms with E-state index in [0.29, 0.717) is 11.3 Å². The SMILES string of the molecule is OCC(COc1ccc(O)cc1)c1ccc(C(F)(F)F)cc1. The van der Waals surface area contributed by atoms with Crippen molar-refractivity contribution in [1.29, 1.82) is 0 Å². The molecule has 0 heterocycles. The Morgan fingerprint density at radius 3 is 2.05 bits per heavy atom. The van der Waals surface area contributed by atoms with E-state index in [1.807, 2.05) is 0 Å². The fourth-order valence-electron chi connectivity index (χ4n) is 1.94. The molecule has 118 valence electrons. The molecule has 0 aliphatic heterocycles.